The summed E-state index contributed by atoms with van der Waals surface area (Å²) in [7, 11) is 1.55. The Labute approximate surface area is 80.8 Å². The first-order chi connectivity index (χ1) is 6.16. The second kappa shape index (κ2) is 7.88. The lowest BCUT2D eigenvalue weighted by Crippen LogP contribution is -2.28. The molecule has 6 heteroatoms. The molecule has 0 bridgehead atoms. The molecule has 0 rings (SSSR count). The van der Waals surface area contributed by atoms with Crippen molar-refractivity contribution in [3.05, 3.63) is 0 Å². The summed E-state index contributed by atoms with van der Waals surface area (Å²) in [6.45, 7) is 0.929. The molecule has 0 aromatic heterocycles. The van der Waals surface area contributed by atoms with Crippen LogP contribution in [0.4, 0.5) is 0 Å². The topological polar surface area (TPSA) is 75.6 Å². The Hall–Kier alpha value is -0.750. The first-order valence-electron chi connectivity index (χ1n) is 3.72. The first kappa shape index (κ1) is 12.2. The van der Waals surface area contributed by atoms with Crippen LogP contribution in [-0.4, -0.2) is 48.8 Å². The zero-order valence-electron chi connectivity index (χ0n) is 7.41. The highest BCUT2D eigenvalue weighted by atomic mass is 32.2. The van der Waals surface area contributed by atoms with Gasteiger partial charge >= 0.3 is 5.97 Å². The lowest BCUT2D eigenvalue weighted by Gasteiger charge is -2.02. The van der Waals surface area contributed by atoms with Gasteiger partial charge in [-0.15, -0.1) is 11.8 Å². The van der Waals surface area contributed by atoms with Crippen molar-refractivity contribution < 1.29 is 19.4 Å². The third-order valence-electron chi connectivity index (χ3n) is 1.09. The molecule has 0 atom stereocenters. The molecular formula is C7H13NO4S. The van der Waals surface area contributed by atoms with Crippen LogP contribution in [-0.2, 0) is 14.3 Å². The molecule has 0 aliphatic carbocycles. The third-order valence-corrected chi connectivity index (χ3v) is 2.00. The number of methoxy groups -OCH3 is 1. The van der Waals surface area contributed by atoms with E-state index in [4.69, 9.17) is 9.84 Å². The van der Waals surface area contributed by atoms with Gasteiger partial charge in [-0.05, 0) is 0 Å². The summed E-state index contributed by atoms with van der Waals surface area (Å²) < 4.78 is 4.72. The maximum Gasteiger partial charge on any atom is 0.313 e. The number of carboxylic acids is 1. The molecule has 13 heavy (non-hydrogen) atoms. The summed E-state index contributed by atoms with van der Waals surface area (Å²) in [5, 5.41) is 10.8. The van der Waals surface area contributed by atoms with Crippen molar-refractivity contribution >= 4 is 23.6 Å². The molecule has 0 saturated heterocycles. The van der Waals surface area contributed by atoms with Crippen LogP contribution in [0.25, 0.3) is 0 Å². The molecule has 76 valence electrons. The lowest BCUT2D eigenvalue weighted by molar-refractivity contribution is -0.133. The van der Waals surface area contributed by atoms with Gasteiger partial charge in [0, 0.05) is 13.7 Å². The molecule has 0 aromatic rings. The zero-order valence-corrected chi connectivity index (χ0v) is 8.23. The van der Waals surface area contributed by atoms with Gasteiger partial charge in [-0.25, -0.2) is 0 Å². The molecule has 0 saturated carbocycles. The fraction of sp³-hybridized carbons (Fsp3) is 0.714. The molecule has 0 unspecified atom stereocenters. The average Bonchev–Trinajstić information content (AvgIpc) is 2.04. The molecule has 0 spiro atoms. The highest BCUT2D eigenvalue weighted by Gasteiger charge is 2.02. The average molecular weight is 207 g/mol. The Kier molecular flexibility index (Phi) is 7.42. The molecule has 0 aromatic carbocycles. The van der Waals surface area contributed by atoms with Crippen molar-refractivity contribution in [2.24, 2.45) is 0 Å². The second-order valence-corrected chi connectivity index (χ2v) is 3.21. The minimum Gasteiger partial charge on any atom is -0.481 e. The van der Waals surface area contributed by atoms with Gasteiger partial charge < -0.3 is 15.2 Å². The van der Waals surface area contributed by atoms with E-state index < -0.39 is 5.97 Å². The molecule has 5 nitrogen and oxygen atoms in total. The van der Waals surface area contributed by atoms with Gasteiger partial charge in [-0.2, -0.15) is 0 Å². The van der Waals surface area contributed by atoms with Crippen LogP contribution in [0.5, 0.6) is 0 Å². The van der Waals surface area contributed by atoms with Crippen LogP contribution in [0.3, 0.4) is 0 Å². The van der Waals surface area contributed by atoms with Gasteiger partial charge in [0.25, 0.3) is 0 Å². The number of amides is 1. The summed E-state index contributed by atoms with van der Waals surface area (Å²) in [6, 6.07) is 0. The smallest absolute Gasteiger partial charge is 0.313 e. The summed E-state index contributed by atoms with van der Waals surface area (Å²) in [4.78, 5) is 21.0. The van der Waals surface area contributed by atoms with Crippen molar-refractivity contribution in [2.75, 3.05) is 31.8 Å². The Balaban J connectivity index is 3.25. The molecule has 1 amide bonds. The van der Waals surface area contributed by atoms with Crippen molar-refractivity contribution in [1.82, 2.24) is 5.32 Å². The third kappa shape index (κ3) is 9.16. The minimum atomic E-state index is -0.908. The number of thioether (sulfide) groups is 1. The van der Waals surface area contributed by atoms with E-state index in [1.807, 2.05) is 0 Å². The van der Waals surface area contributed by atoms with Gasteiger partial charge in [0.2, 0.25) is 5.91 Å². The fourth-order valence-corrected chi connectivity index (χ4v) is 1.14. The van der Waals surface area contributed by atoms with Crippen LogP contribution >= 0.6 is 11.8 Å². The molecule has 0 aliphatic rings. The number of ether oxygens (including phenoxy) is 1. The maximum absolute atomic E-state index is 10.9. The number of carbonyl (C=O) groups is 2. The summed E-state index contributed by atoms with van der Waals surface area (Å²) >= 11 is 1.08. The van der Waals surface area contributed by atoms with Gasteiger partial charge in [0.1, 0.15) is 0 Å². The lowest BCUT2D eigenvalue weighted by atomic mass is 10.6. The zero-order chi connectivity index (χ0) is 10.1. The monoisotopic (exact) mass is 207 g/mol. The normalized spacial score (nSPS) is 9.62. The maximum atomic E-state index is 10.9. The van der Waals surface area contributed by atoms with Crippen molar-refractivity contribution in [3.63, 3.8) is 0 Å². The molecule has 0 radical (unpaired) electrons. The van der Waals surface area contributed by atoms with E-state index in [-0.39, 0.29) is 17.4 Å². The van der Waals surface area contributed by atoms with E-state index in [0.717, 1.165) is 11.8 Å². The van der Waals surface area contributed by atoms with Crippen LogP contribution < -0.4 is 5.32 Å². The van der Waals surface area contributed by atoms with Crippen LogP contribution in [0.15, 0.2) is 0 Å². The molecule has 0 aliphatic heterocycles. The van der Waals surface area contributed by atoms with Crippen molar-refractivity contribution in [3.8, 4) is 0 Å². The summed E-state index contributed by atoms with van der Waals surface area (Å²) in [5.74, 6) is -0.939. The van der Waals surface area contributed by atoms with E-state index in [9.17, 15) is 9.59 Å². The van der Waals surface area contributed by atoms with Gasteiger partial charge in [0.15, 0.2) is 0 Å². The van der Waals surface area contributed by atoms with E-state index in [1.165, 1.54) is 0 Å². The predicted molar refractivity (Wildman–Crippen MR) is 49.8 cm³/mol. The Morgan fingerprint density at radius 2 is 2.15 bits per heavy atom. The largest absolute Gasteiger partial charge is 0.481 e. The molecular weight excluding hydrogens is 194 g/mol. The quantitative estimate of drug-likeness (QED) is 0.554. The van der Waals surface area contributed by atoms with E-state index in [1.54, 1.807) is 7.11 Å². The number of hydrogen-bond donors (Lipinski definition) is 2. The van der Waals surface area contributed by atoms with Gasteiger partial charge in [-0.1, -0.05) is 0 Å². The number of aliphatic carboxylic acids is 1. The number of hydrogen-bond acceptors (Lipinski definition) is 4. The minimum absolute atomic E-state index is 0.0440. The summed E-state index contributed by atoms with van der Waals surface area (Å²) in [6.07, 6.45) is 0. The van der Waals surface area contributed by atoms with Gasteiger partial charge in [-0.3, -0.25) is 9.59 Å². The Morgan fingerprint density at radius 1 is 1.46 bits per heavy atom. The molecule has 0 heterocycles. The number of rotatable bonds is 7. The predicted octanol–water partition coefficient (Wildman–Crippen LogP) is -0.433. The standard InChI is InChI=1S/C7H13NO4S/c1-12-3-2-8-6(9)4-13-5-7(10)11/h2-5H2,1H3,(H,8,9)(H,10,11). The van der Waals surface area contributed by atoms with E-state index >= 15 is 0 Å². The van der Waals surface area contributed by atoms with E-state index in [2.05, 4.69) is 5.32 Å². The van der Waals surface area contributed by atoms with Crippen molar-refractivity contribution in [2.45, 2.75) is 0 Å². The highest BCUT2D eigenvalue weighted by Crippen LogP contribution is 1.97. The van der Waals surface area contributed by atoms with E-state index in [0.29, 0.717) is 13.2 Å². The van der Waals surface area contributed by atoms with Crippen LogP contribution in [0, 0.1) is 0 Å². The first-order valence-corrected chi connectivity index (χ1v) is 4.87. The SMILES string of the molecule is COCCNC(=O)CSCC(=O)O. The number of carbonyl (C=O) groups excluding carboxylic acids is 1. The molecule has 2 N–H and O–H groups in total. The van der Waals surface area contributed by atoms with Crippen molar-refractivity contribution in [1.29, 1.82) is 0 Å². The Bertz CT molecular complexity index is 174. The highest BCUT2D eigenvalue weighted by molar-refractivity contribution is 8.00. The van der Waals surface area contributed by atoms with Gasteiger partial charge in [0.05, 0.1) is 18.1 Å². The number of carboxylic acid groups (broad SMARTS) is 1. The summed E-state index contributed by atoms with van der Waals surface area (Å²) in [5.41, 5.74) is 0. The number of nitrogens with one attached hydrogen (secondary N) is 1. The molecule has 0 fully saturated rings. The van der Waals surface area contributed by atoms with Crippen LogP contribution in [0.1, 0.15) is 0 Å². The Morgan fingerprint density at radius 3 is 2.69 bits per heavy atom. The second-order valence-electron chi connectivity index (χ2n) is 2.23. The fourth-order valence-electron chi connectivity index (χ4n) is 0.575. The van der Waals surface area contributed by atoms with Crippen LogP contribution in [0.2, 0.25) is 0 Å².